The maximum Gasteiger partial charge on any atom is 0.197 e. The summed E-state index contributed by atoms with van der Waals surface area (Å²) >= 11 is 0. The second-order valence-electron chi connectivity index (χ2n) is 5.24. The quantitative estimate of drug-likeness (QED) is 0.323. The van der Waals surface area contributed by atoms with Crippen LogP contribution < -0.4 is 0 Å². The fourth-order valence-corrected chi connectivity index (χ4v) is 3.18. The van der Waals surface area contributed by atoms with E-state index in [0.29, 0.717) is 12.5 Å². The van der Waals surface area contributed by atoms with E-state index in [9.17, 15) is 22.0 Å². The number of allylic oxidation sites excluding steroid dienone is 2. The Morgan fingerprint density at radius 2 is 1.68 bits per heavy atom. The molecule has 0 N–H and O–H groups in total. The molecule has 1 saturated carbocycles. The van der Waals surface area contributed by atoms with Crippen LogP contribution in [0.2, 0.25) is 0 Å². The molecule has 2 aliphatic carbocycles. The molecule has 4 unspecified atom stereocenters. The molecule has 0 saturated heterocycles. The normalized spacial score (nSPS) is 30.1. The standard InChI is InChI=1S/C14H11F5/c15-10-5-9(12(17)14(19)13(10)18)11(16)8-4-6-1-2-7(8)3-6/h1-2,5-8,11H,3-4H2. The van der Waals surface area contributed by atoms with Gasteiger partial charge in [-0.1, -0.05) is 12.2 Å². The topological polar surface area (TPSA) is 0 Å². The zero-order valence-corrected chi connectivity index (χ0v) is 9.85. The van der Waals surface area contributed by atoms with Gasteiger partial charge >= 0.3 is 0 Å². The third-order valence-electron chi connectivity index (χ3n) is 4.13. The first-order chi connectivity index (χ1) is 8.99. The minimum atomic E-state index is -1.95. The Labute approximate surface area is 106 Å². The van der Waals surface area contributed by atoms with Crippen molar-refractivity contribution < 1.29 is 22.0 Å². The lowest BCUT2D eigenvalue weighted by atomic mass is 9.86. The van der Waals surface area contributed by atoms with E-state index in [4.69, 9.17) is 0 Å². The average Bonchev–Trinajstić information content (AvgIpc) is 3.02. The minimum absolute atomic E-state index is 0.0319. The summed E-state index contributed by atoms with van der Waals surface area (Å²) in [5.41, 5.74) is -0.720. The maximum atomic E-state index is 14.3. The highest BCUT2D eigenvalue weighted by molar-refractivity contribution is 5.26. The van der Waals surface area contributed by atoms with Gasteiger partial charge in [-0.25, -0.2) is 22.0 Å². The lowest BCUT2D eigenvalue weighted by Gasteiger charge is -2.23. The molecule has 0 nitrogen and oxygen atoms in total. The molecule has 1 fully saturated rings. The summed E-state index contributed by atoms with van der Waals surface area (Å²) in [6.45, 7) is 0. The summed E-state index contributed by atoms with van der Waals surface area (Å²) in [5.74, 6) is -7.30. The first kappa shape index (κ1) is 12.6. The van der Waals surface area contributed by atoms with Crippen LogP contribution in [-0.2, 0) is 0 Å². The van der Waals surface area contributed by atoms with Crippen LogP contribution in [0.5, 0.6) is 0 Å². The molecule has 3 rings (SSSR count). The molecular weight excluding hydrogens is 263 g/mol. The molecule has 19 heavy (non-hydrogen) atoms. The second-order valence-corrected chi connectivity index (χ2v) is 5.24. The van der Waals surface area contributed by atoms with Gasteiger partial charge in [0, 0.05) is 11.5 Å². The van der Waals surface area contributed by atoms with Crippen molar-refractivity contribution in [2.75, 3.05) is 0 Å². The van der Waals surface area contributed by atoms with E-state index in [1.54, 1.807) is 0 Å². The Bertz CT molecular complexity index is 551. The monoisotopic (exact) mass is 274 g/mol. The molecule has 0 heterocycles. The van der Waals surface area contributed by atoms with Crippen LogP contribution in [0.4, 0.5) is 22.0 Å². The van der Waals surface area contributed by atoms with Crippen molar-refractivity contribution in [2.45, 2.75) is 19.0 Å². The zero-order chi connectivity index (χ0) is 13.7. The van der Waals surface area contributed by atoms with Crippen LogP contribution in [0.25, 0.3) is 0 Å². The lowest BCUT2D eigenvalue weighted by molar-refractivity contribution is 0.195. The molecule has 0 amide bonds. The Morgan fingerprint density at radius 1 is 0.947 bits per heavy atom. The number of benzene rings is 1. The lowest BCUT2D eigenvalue weighted by Crippen LogP contribution is -2.16. The van der Waals surface area contributed by atoms with Gasteiger partial charge in [-0.3, -0.25) is 0 Å². The predicted octanol–water partition coefficient (Wildman–Crippen LogP) is 4.47. The zero-order valence-electron chi connectivity index (χ0n) is 9.85. The van der Waals surface area contributed by atoms with Crippen LogP contribution in [-0.4, -0.2) is 0 Å². The Kier molecular flexibility index (Phi) is 2.87. The van der Waals surface area contributed by atoms with Crippen LogP contribution in [0, 0.1) is 41.0 Å². The van der Waals surface area contributed by atoms with Crippen LogP contribution in [0.1, 0.15) is 24.6 Å². The second kappa shape index (κ2) is 4.32. The molecule has 5 heteroatoms. The molecule has 102 valence electrons. The fraction of sp³-hybridized carbons (Fsp3) is 0.429. The summed E-state index contributed by atoms with van der Waals surface area (Å²) in [7, 11) is 0. The van der Waals surface area contributed by atoms with E-state index < -0.39 is 40.9 Å². The molecule has 0 spiro atoms. The summed E-state index contributed by atoms with van der Waals surface area (Å²) in [6, 6.07) is 0.425. The van der Waals surface area contributed by atoms with E-state index in [1.165, 1.54) is 0 Å². The minimum Gasteiger partial charge on any atom is -0.242 e. The van der Waals surface area contributed by atoms with E-state index >= 15 is 0 Å². The number of hydrogen-bond donors (Lipinski definition) is 0. The molecule has 1 aromatic rings. The predicted molar refractivity (Wildman–Crippen MR) is 59.0 cm³/mol. The smallest absolute Gasteiger partial charge is 0.197 e. The first-order valence-corrected chi connectivity index (χ1v) is 6.14. The van der Waals surface area contributed by atoms with E-state index in [2.05, 4.69) is 0 Å². The maximum absolute atomic E-state index is 14.3. The molecule has 0 radical (unpaired) electrons. The average molecular weight is 274 g/mol. The summed E-state index contributed by atoms with van der Waals surface area (Å²) in [5, 5.41) is 0. The van der Waals surface area contributed by atoms with Crippen molar-refractivity contribution in [2.24, 2.45) is 17.8 Å². The van der Waals surface area contributed by atoms with Gasteiger partial charge in [-0.05, 0) is 30.7 Å². The number of fused-ring (bicyclic) bond motifs is 2. The van der Waals surface area contributed by atoms with Crippen molar-refractivity contribution in [3.05, 3.63) is 47.1 Å². The largest absolute Gasteiger partial charge is 0.242 e. The molecule has 2 bridgehead atoms. The van der Waals surface area contributed by atoms with Gasteiger partial charge in [-0.2, -0.15) is 0 Å². The van der Waals surface area contributed by atoms with E-state index in [0.717, 1.165) is 6.42 Å². The third-order valence-corrected chi connectivity index (χ3v) is 4.13. The van der Waals surface area contributed by atoms with Crippen molar-refractivity contribution in [3.8, 4) is 0 Å². The summed E-state index contributed by atoms with van der Waals surface area (Å²) < 4.78 is 66.9. The van der Waals surface area contributed by atoms with Crippen molar-refractivity contribution in [1.82, 2.24) is 0 Å². The SMILES string of the molecule is Fc1cc(C(F)C2CC3C=CC2C3)c(F)c(F)c1F. The Morgan fingerprint density at radius 3 is 2.26 bits per heavy atom. The van der Waals surface area contributed by atoms with E-state index in [1.807, 2.05) is 12.2 Å². The third kappa shape index (κ3) is 1.86. The summed E-state index contributed by atoms with van der Waals surface area (Å²) in [4.78, 5) is 0. The molecule has 0 aliphatic heterocycles. The van der Waals surface area contributed by atoms with Gasteiger partial charge < -0.3 is 0 Å². The number of rotatable bonds is 2. The highest BCUT2D eigenvalue weighted by atomic mass is 19.2. The number of alkyl halides is 1. The summed E-state index contributed by atoms with van der Waals surface area (Å²) in [6.07, 6.45) is 3.35. The molecule has 1 aromatic carbocycles. The number of hydrogen-bond acceptors (Lipinski definition) is 0. The highest BCUT2D eigenvalue weighted by Gasteiger charge is 2.42. The van der Waals surface area contributed by atoms with Crippen LogP contribution in [0.3, 0.4) is 0 Å². The van der Waals surface area contributed by atoms with Gasteiger partial charge in [0.2, 0.25) is 0 Å². The van der Waals surface area contributed by atoms with Gasteiger partial charge in [0.15, 0.2) is 23.3 Å². The van der Waals surface area contributed by atoms with Gasteiger partial charge in [-0.15, -0.1) is 0 Å². The highest BCUT2D eigenvalue weighted by Crippen LogP contribution is 2.50. The molecule has 0 aromatic heterocycles. The Hall–Kier alpha value is -1.39. The number of halogens is 5. The van der Waals surface area contributed by atoms with Crippen molar-refractivity contribution >= 4 is 0 Å². The first-order valence-electron chi connectivity index (χ1n) is 6.14. The molecular formula is C14H11F5. The van der Waals surface area contributed by atoms with Gasteiger partial charge in [0.1, 0.15) is 6.17 Å². The van der Waals surface area contributed by atoms with Gasteiger partial charge in [0.05, 0.1) is 0 Å². The van der Waals surface area contributed by atoms with Crippen LogP contribution in [0.15, 0.2) is 18.2 Å². The van der Waals surface area contributed by atoms with E-state index in [-0.39, 0.29) is 11.8 Å². The fourth-order valence-electron chi connectivity index (χ4n) is 3.18. The Balaban J connectivity index is 1.96. The van der Waals surface area contributed by atoms with Crippen molar-refractivity contribution in [1.29, 1.82) is 0 Å². The molecule has 4 atom stereocenters. The van der Waals surface area contributed by atoms with Crippen molar-refractivity contribution in [3.63, 3.8) is 0 Å². The van der Waals surface area contributed by atoms with Crippen LogP contribution >= 0.6 is 0 Å². The molecule has 2 aliphatic rings. The van der Waals surface area contributed by atoms with Gasteiger partial charge in [0.25, 0.3) is 0 Å².